The van der Waals surface area contributed by atoms with E-state index in [1.54, 1.807) is 6.07 Å². The highest BCUT2D eigenvalue weighted by molar-refractivity contribution is 6.12. The van der Waals surface area contributed by atoms with Gasteiger partial charge in [0.05, 0.1) is 11.1 Å². The number of nitrogens with zero attached hydrogens (tertiary/aromatic N) is 2. The van der Waals surface area contributed by atoms with Gasteiger partial charge < -0.3 is 4.40 Å². The van der Waals surface area contributed by atoms with Crippen LogP contribution in [0.3, 0.4) is 0 Å². The molecule has 4 rings (SSSR count). The maximum atomic E-state index is 13.2. The maximum absolute atomic E-state index is 13.2. The Morgan fingerprint density at radius 1 is 1.00 bits per heavy atom. The van der Waals surface area contributed by atoms with E-state index in [2.05, 4.69) is 6.07 Å². The Balaban J connectivity index is 2.11. The normalized spacial score (nSPS) is 10.8. The van der Waals surface area contributed by atoms with Gasteiger partial charge in [-0.1, -0.05) is 48.5 Å². The predicted octanol–water partition coefficient (Wildman–Crippen LogP) is 4.50. The molecule has 0 saturated heterocycles. The van der Waals surface area contributed by atoms with Crippen LogP contribution < -0.4 is 0 Å². The molecule has 114 valence electrons. The minimum Gasteiger partial charge on any atom is -0.305 e. The summed E-state index contributed by atoms with van der Waals surface area (Å²) in [4.78, 5) is 13.2. The molecule has 0 aliphatic rings. The van der Waals surface area contributed by atoms with E-state index in [1.807, 2.05) is 72.0 Å². The molecule has 0 aliphatic carbocycles. The number of ketones is 1. The molecular formula is C21H14N2O. The van der Waals surface area contributed by atoms with Crippen molar-refractivity contribution in [3.05, 3.63) is 89.1 Å². The van der Waals surface area contributed by atoms with Crippen molar-refractivity contribution in [3.63, 3.8) is 0 Å². The lowest BCUT2D eigenvalue weighted by molar-refractivity contribution is 0.103. The number of fused-ring (bicyclic) bond motifs is 3. The number of aryl methyl sites for hydroxylation is 1. The molecule has 0 aliphatic heterocycles. The lowest BCUT2D eigenvalue weighted by Gasteiger charge is -2.09. The maximum Gasteiger partial charge on any atom is 0.211 e. The van der Waals surface area contributed by atoms with Gasteiger partial charge in [-0.2, -0.15) is 5.26 Å². The summed E-state index contributed by atoms with van der Waals surface area (Å²) in [6.07, 6.45) is 0. The average molecular weight is 310 g/mol. The number of para-hydroxylation sites is 1. The minimum absolute atomic E-state index is 0.124. The molecule has 2 aromatic heterocycles. The lowest BCUT2D eigenvalue weighted by Crippen LogP contribution is -2.09. The van der Waals surface area contributed by atoms with Crippen molar-refractivity contribution in [3.8, 4) is 6.07 Å². The highest BCUT2D eigenvalue weighted by Gasteiger charge is 2.21. The molecule has 0 saturated carbocycles. The van der Waals surface area contributed by atoms with E-state index >= 15 is 0 Å². The summed E-state index contributed by atoms with van der Waals surface area (Å²) in [5.41, 5.74) is 4.14. The van der Waals surface area contributed by atoms with Crippen LogP contribution in [0.1, 0.15) is 27.2 Å². The molecule has 3 heteroatoms. The number of hydrogen-bond donors (Lipinski definition) is 0. The molecule has 0 atom stereocenters. The third kappa shape index (κ3) is 2.01. The van der Waals surface area contributed by atoms with Crippen LogP contribution >= 0.6 is 0 Å². The zero-order chi connectivity index (χ0) is 16.7. The van der Waals surface area contributed by atoms with Crippen molar-refractivity contribution in [1.82, 2.24) is 4.40 Å². The SMILES string of the molecule is Cc1ccccc1C(=O)c1c(C#N)cc2ccc3ccccc3n12. The van der Waals surface area contributed by atoms with Crippen molar-refractivity contribution in [2.24, 2.45) is 0 Å². The number of benzene rings is 2. The smallest absolute Gasteiger partial charge is 0.211 e. The minimum atomic E-state index is -0.124. The van der Waals surface area contributed by atoms with Crippen LogP contribution in [0.5, 0.6) is 0 Å². The third-order valence-corrected chi connectivity index (χ3v) is 4.37. The zero-order valence-corrected chi connectivity index (χ0v) is 13.2. The first-order valence-corrected chi connectivity index (χ1v) is 7.74. The predicted molar refractivity (Wildman–Crippen MR) is 94.2 cm³/mol. The van der Waals surface area contributed by atoms with Gasteiger partial charge in [0.1, 0.15) is 11.8 Å². The monoisotopic (exact) mass is 310 g/mol. The Labute approximate surface area is 139 Å². The Morgan fingerprint density at radius 3 is 2.54 bits per heavy atom. The molecule has 0 unspecified atom stereocenters. The van der Waals surface area contributed by atoms with E-state index in [1.165, 1.54) is 0 Å². The third-order valence-electron chi connectivity index (χ3n) is 4.37. The van der Waals surface area contributed by atoms with Crippen molar-refractivity contribution in [1.29, 1.82) is 5.26 Å². The highest BCUT2D eigenvalue weighted by Crippen LogP contribution is 2.26. The van der Waals surface area contributed by atoms with Gasteiger partial charge in [-0.3, -0.25) is 4.79 Å². The summed E-state index contributed by atoms with van der Waals surface area (Å²) in [5.74, 6) is -0.124. The Morgan fingerprint density at radius 2 is 1.75 bits per heavy atom. The molecular weight excluding hydrogens is 296 g/mol. The van der Waals surface area contributed by atoms with Crippen LogP contribution in [0.15, 0.2) is 66.7 Å². The number of carbonyl (C=O) groups excluding carboxylic acids is 1. The first-order chi connectivity index (χ1) is 11.7. The number of rotatable bonds is 2. The van der Waals surface area contributed by atoms with Gasteiger partial charge in [0, 0.05) is 11.1 Å². The fraction of sp³-hybridized carbons (Fsp3) is 0.0476. The number of pyridine rings is 1. The molecule has 0 fully saturated rings. The molecule has 4 aromatic rings. The Kier molecular flexibility index (Phi) is 3.18. The van der Waals surface area contributed by atoms with Crippen LogP contribution in [-0.2, 0) is 0 Å². The summed E-state index contributed by atoms with van der Waals surface area (Å²) in [6, 6.07) is 23.3. The van der Waals surface area contributed by atoms with Gasteiger partial charge in [-0.15, -0.1) is 0 Å². The van der Waals surface area contributed by atoms with E-state index < -0.39 is 0 Å². The molecule has 0 radical (unpaired) electrons. The van der Waals surface area contributed by atoms with E-state index in [4.69, 9.17) is 0 Å². The summed E-state index contributed by atoms with van der Waals surface area (Å²) in [5, 5.41) is 10.6. The Bertz CT molecular complexity index is 1150. The average Bonchev–Trinajstić information content (AvgIpc) is 3.00. The van der Waals surface area contributed by atoms with E-state index in [-0.39, 0.29) is 5.78 Å². The summed E-state index contributed by atoms with van der Waals surface area (Å²) < 4.78 is 1.89. The summed E-state index contributed by atoms with van der Waals surface area (Å²) in [7, 11) is 0. The molecule has 0 bridgehead atoms. The zero-order valence-electron chi connectivity index (χ0n) is 13.2. The first kappa shape index (κ1) is 14.2. The van der Waals surface area contributed by atoms with Gasteiger partial charge in [-0.05, 0) is 36.1 Å². The van der Waals surface area contributed by atoms with E-state index in [0.717, 1.165) is 22.0 Å². The summed E-state index contributed by atoms with van der Waals surface area (Å²) in [6.45, 7) is 1.91. The van der Waals surface area contributed by atoms with E-state index in [9.17, 15) is 10.1 Å². The first-order valence-electron chi connectivity index (χ1n) is 7.74. The number of hydrogen-bond acceptors (Lipinski definition) is 2. The fourth-order valence-corrected chi connectivity index (χ4v) is 3.18. The molecule has 24 heavy (non-hydrogen) atoms. The second kappa shape index (κ2) is 5.36. The fourth-order valence-electron chi connectivity index (χ4n) is 3.18. The van der Waals surface area contributed by atoms with Gasteiger partial charge in [0.25, 0.3) is 0 Å². The van der Waals surface area contributed by atoms with Crippen LogP contribution in [-0.4, -0.2) is 10.2 Å². The molecule has 2 heterocycles. The lowest BCUT2D eigenvalue weighted by atomic mass is 10.0. The van der Waals surface area contributed by atoms with E-state index in [0.29, 0.717) is 16.8 Å². The van der Waals surface area contributed by atoms with Crippen molar-refractivity contribution in [2.75, 3.05) is 0 Å². The molecule has 0 spiro atoms. The van der Waals surface area contributed by atoms with Gasteiger partial charge in [-0.25, -0.2) is 0 Å². The molecule has 3 nitrogen and oxygen atoms in total. The van der Waals surface area contributed by atoms with Gasteiger partial charge >= 0.3 is 0 Å². The number of carbonyl (C=O) groups is 1. The van der Waals surface area contributed by atoms with Crippen LogP contribution in [0.25, 0.3) is 16.4 Å². The topological polar surface area (TPSA) is 45.3 Å². The standard InChI is InChI=1S/C21H14N2O/c1-14-6-2-4-8-18(14)21(24)20-16(13-22)12-17-11-10-15-7-3-5-9-19(15)23(17)20/h2-12H,1H3. The quantitative estimate of drug-likeness (QED) is 0.512. The van der Waals surface area contributed by atoms with Crippen molar-refractivity contribution in [2.45, 2.75) is 6.92 Å². The molecule has 0 amide bonds. The second-order valence-electron chi connectivity index (χ2n) is 5.81. The number of nitriles is 1. The summed E-state index contributed by atoms with van der Waals surface area (Å²) >= 11 is 0. The molecule has 0 N–H and O–H groups in total. The van der Waals surface area contributed by atoms with Crippen LogP contribution in [0.4, 0.5) is 0 Å². The van der Waals surface area contributed by atoms with Crippen LogP contribution in [0, 0.1) is 18.3 Å². The van der Waals surface area contributed by atoms with Gasteiger partial charge in [0.2, 0.25) is 5.78 Å². The largest absolute Gasteiger partial charge is 0.305 e. The van der Waals surface area contributed by atoms with Crippen LogP contribution in [0.2, 0.25) is 0 Å². The Hall–Kier alpha value is -3.38. The van der Waals surface area contributed by atoms with Crippen molar-refractivity contribution < 1.29 is 4.79 Å². The van der Waals surface area contributed by atoms with Crippen molar-refractivity contribution >= 4 is 22.2 Å². The molecule has 2 aromatic carbocycles. The highest BCUT2D eigenvalue weighted by atomic mass is 16.1. The second-order valence-corrected chi connectivity index (χ2v) is 5.81. The number of aromatic nitrogens is 1. The van der Waals surface area contributed by atoms with Gasteiger partial charge in [0.15, 0.2) is 0 Å².